The van der Waals surface area contributed by atoms with E-state index in [2.05, 4.69) is 5.32 Å². The van der Waals surface area contributed by atoms with Crippen molar-refractivity contribution >= 4 is 31.0 Å². The molecule has 154 valence electrons. The highest BCUT2D eigenvalue weighted by Gasteiger charge is 2.45. The van der Waals surface area contributed by atoms with E-state index >= 15 is 0 Å². The van der Waals surface area contributed by atoms with E-state index < -0.39 is 31.0 Å². The lowest BCUT2D eigenvalue weighted by Gasteiger charge is -2.27. The number of thiophene rings is 1. The number of aryl methyl sites for hydroxylation is 1. The number of sulfone groups is 2. The van der Waals surface area contributed by atoms with Crippen molar-refractivity contribution in [3.05, 3.63) is 52.2 Å². The summed E-state index contributed by atoms with van der Waals surface area (Å²) in [5, 5.41) is 4.27. The highest BCUT2D eigenvalue weighted by atomic mass is 32.2. The lowest BCUT2D eigenvalue weighted by molar-refractivity contribution is 0.285. The zero-order valence-electron chi connectivity index (χ0n) is 16.2. The molecule has 3 rings (SSSR count). The predicted molar refractivity (Wildman–Crippen MR) is 113 cm³/mol. The molecule has 2 aromatic rings. The van der Waals surface area contributed by atoms with Crippen molar-refractivity contribution in [2.75, 3.05) is 32.1 Å². The fourth-order valence-corrected chi connectivity index (χ4v) is 9.14. The van der Waals surface area contributed by atoms with Crippen LogP contribution in [0.15, 0.2) is 46.7 Å². The summed E-state index contributed by atoms with van der Waals surface area (Å²) < 4.78 is 50.8. The predicted octanol–water partition coefficient (Wildman–Crippen LogP) is 1.89. The number of rotatable bonds is 7. The molecule has 1 saturated heterocycles. The van der Waals surface area contributed by atoms with Gasteiger partial charge in [-0.25, -0.2) is 16.8 Å². The van der Waals surface area contributed by atoms with Gasteiger partial charge in [-0.05, 0) is 44.6 Å². The fraction of sp³-hybridized carbons (Fsp3) is 0.474. The average Bonchev–Trinajstić information content (AvgIpc) is 3.23. The van der Waals surface area contributed by atoms with Gasteiger partial charge in [-0.1, -0.05) is 23.8 Å². The van der Waals surface area contributed by atoms with Gasteiger partial charge in [-0.3, -0.25) is 0 Å². The highest BCUT2D eigenvalue weighted by molar-refractivity contribution is 7.96. The van der Waals surface area contributed by atoms with Crippen molar-refractivity contribution in [1.29, 1.82) is 0 Å². The number of nitrogens with zero attached hydrogens (tertiary/aromatic N) is 1. The second kappa shape index (κ2) is 8.23. The van der Waals surface area contributed by atoms with E-state index in [1.165, 1.54) is 0 Å². The molecule has 0 aliphatic carbocycles. The summed E-state index contributed by atoms with van der Waals surface area (Å²) in [6.07, 6.45) is 0. The monoisotopic (exact) mass is 442 g/mol. The van der Waals surface area contributed by atoms with Gasteiger partial charge in [0, 0.05) is 17.5 Å². The van der Waals surface area contributed by atoms with Gasteiger partial charge < -0.3 is 10.2 Å². The smallest absolute Gasteiger partial charge is 0.183 e. The molecule has 1 aliphatic rings. The molecule has 9 heteroatoms. The summed E-state index contributed by atoms with van der Waals surface area (Å²) in [6, 6.07) is 10.0. The molecule has 0 amide bonds. The first-order chi connectivity index (χ1) is 13.1. The minimum Gasteiger partial charge on any atom is -0.310 e. The van der Waals surface area contributed by atoms with E-state index in [-0.39, 0.29) is 22.4 Å². The van der Waals surface area contributed by atoms with Crippen LogP contribution in [0.2, 0.25) is 0 Å². The third-order valence-corrected chi connectivity index (χ3v) is 10.3. The quantitative estimate of drug-likeness (QED) is 0.705. The Balaban J connectivity index is 1.83. The zero-order valence-corrected chi connectivity index (χ0v) is 18.6. The van der Waals surface area contributed by atoms with Crippen LogP contribution in [0.4, 0.5) is 0 Å². The Hall–Kier alpha value is -1.26. The third-order valence-electron chi connectivity index (χ3n) is 5.12. The summed E-state index contributed by atoms with van der Waals surface area (Å²) in [5.41, 5.74) is 0.956. The van der Waals surface area contributed by atoms with Gasteiger partial charge in [0.15, 0.2) is 19.7 Å². The van der Waals surface area contributed by atoms with Crippen LogP contribution in [-0.4, -0.2) is 65.2 Å². The number of hydrogen-bond acceptors (Lipinski definition) is 7. The third kappa shape index (κ3) is 4.65. The number of likely N-dealkylation sites (N-methyl/N-ethyl adjacent to an activating group) is 1. The average molecular weight is 443 g/mol. The van der Waals surface area contributed by atoms with Crippen LogP contribution < -0.4 is 5.32 Å². The molecule has 28 heavy (non-hydrogen) atoms. The van der Waals surface area contributed by atoms with Crippen LogP contribution in [-0.2, 0) is 19.7 Å². The molecule has 0 spiro atoms. The Morgan fingerprint density at radius 2 is 1.86 bits per heavy atom. The normalized spacial score (nSPS) is 23.1. The van der Waals surface area contributed by atoms with Gasteiger partial charge in [0.1, 0.15) is 0 Å². The highest BCUT2D eigenvalue weighted by Crippen LogP contribution is 2.28. The molecule has 0 saturated carbocycles. The molecule has 2 heterocycles. The van der Waals surface area contributed by atoms with E-state index in [0.29, 0.717) is 6.54 Å². The summed E-state index contributed by atoms with van der Waals surface area (Å²) in [5.74, 6) is -0.500. The second-order valence-corrected chi connectivity index (χ2v) is 12.8. The van der Waals surface area contributed by atoms with Gasteiger partial charge in [-0.15, -0.1) is 11.3 Å². The van der Waals surface area contributed by atoms with Crippen molar-refractivity contribution < 1.29 is 16.8 Å². The number of hydrogen-bond donors (Lipinski definition) is 1. The van der Waals surface area contributed by atoms with E-state index in [1.54, 1.807) is 35.6 Å². The van der Waals surface area contributed by atoms with Crippen LogP contribution in [0.25, 0.3) is 0 Å². The molecule has 1 unspecified atom stereocenters. The van der Waals surface area contributed by atoms with Crippen LogP contribution in [0.1, 0.15) is 16.5 Å². The van der Waals surface area contributed by atoms with E-state index in [0.717, 1.165) is 10.4 Å². The zero-order chi connectivity index (χ0) is 20.5. The van der Waals surface area contributed by atoms with Gasteiger partial charge in [0.2, 0.25) is 0 Å². The first-order valence-electron chi connectivity index (χ1n) is 9.04. The maximum absolute atomic E-state index is 13.1. The molecule has 3 atom stereocenters. The van der Waals surface area contributed by atoms with Crippen molar-refractivity contribution in [2.45, 2.75) is 29.2 Å². The lowest BCUT2D eigenvalue weighted by Crippen LogP contribution is -2.46. The summed E-state index contributed by atoms with van der Waals surface area (Å²) in [4.78, 5) is 3.37. The van der Waals surface area contributed by atoms with Crippen molar-refractivity contribution in [3.8, 4) is 0 Å². The van der Waals surface area contributed by atoms with Crippen molar-refractivity contribution in [1.82, 2.24) is 10.2 Å². The Labute approximate surface area is 171 Å². The fourth-order valence-electron chi connectivity index (χ4n) is 3.50. The molecular formula is C19H26N2O4S3. The summed E-state index contributed by atoms with van der Waals surface area (Å²) in [7, 11) is -3.26. The molecule has 0 radical (unpaired) electrons. The van der Waals surface area contributed by atoms with Gasteiger partial charge >= 0.3 is 0 Å². The Morgan fingerprint density at radius 3 is 2.43 bits per heavy atom. The van der Waals surface area contributed by atoms with E-state index in [4.69, 9.17) is 0 Å². The first-order valence-corrected chi connectivity index (χ1v) is 13.3. The maximum atomic E-state index is 13.1. The molecule has 1 aliphatic heterocycles. The molecule has 1 aromatic heterocycles. The SMILES string of the molecule is Cc1ccc(S(=O)(=O)[C@H]2CS(=O)(=O)C[C@@H]2NCC(c2cccs2)N(C)C)cc1. The molecular weight excluding hydrogens is 416 g/mol. The van der Waals surface area contributed by atoms with E-state index in [9.17, 15) is 16.8 Å². The van der Waals surface area contributed by atoms with Gasteiger partial charge in [0.05, 0.1) is 27.7 Å². The standard InChI is InChI=1S/C19H26N2O4S3/c1-14-6-8-15(9-7-14)28(24,25)19-13-27(22,23)12-16(19)20-11-17(21(2)3)18-5-4-10-26-18/h4-10,16-17,19-20H,11-13H2,1-3H3/t16-,17?,19-/m0/s1. The topological polar surface area (TPSA) is 83.5 Å². The lowest BCUT2D eigenvalue weighted by atomic mass is 10.2. The van der Waals surface area contributed by atoms with Crippen molar-refractivity contribution in [2.24, 2.45) is 0 Å². The minimum absolute atomic E-state index is 0.0473. The summed E-state index contributed by atoms with van der Waals surface area (Å²) >= 11 is 1.63. The second-order valence-electron chi connectivity index (χ2n) is 7.48. The van der Waals surface area contributed by atoms with E-state index in [1.807, 2.05) is 43.4 Å². The largest absolute Gasteiger partial charge is 0.310 e. The number of benzene rings is 1. The Bertz CT molecular complexity index is 998. The van der Waals surface area contributed by atoms with Crippen LogP contribution >= 0.6 is 11.3 Å². The van der Waals surface area contributed by atoms with Crippen molar-refractivity contribution in [3.63, 3.8) is 0 Å². The van der Waals surface area contributed by atoms with Crippen LogP contribution in [0.3, 0.4) is 0 Å². The summed E-state index contributed by atoms with van der Waals surface area (Å²) in [6.45, 7) is 2.36. The maximum Gasteiger partial charge on any atom is 0.183 e. The minimum atomic E-state index is -3.75. The Kier molecular flexibility index (Phi) is 6.31. The molecule has 1 aromatic carbocycles. The Morgan fingerprint density at radius 1 is 1.18 bits per heavy atom. The van der Waals surface area contributed by atoms with Gasteiger partial charge in [-0.2, -0.15) is 0 Å². The molecule has 0 bridgehead atoms. The number of nitrogens with one attached hydrogen (secondary N) is 1. The van der Waals surface area contributed by atoms with Crippen LogP contribution in [0, 0.1) is 6.92 Å². The molecule has 1 fully saturated rings. The first kappa shape index (κ1) is 21.4. The molecule has 1 N–H and O–H groups in total. The van der Waals surface area contributed by atoms with Crippen LogP contribution in [0.5, 0.6) is 0 Å². The van der Waals surface area contributed by atoms with Gasteiger partial charge in [0.25, 0.3) is 0 Å². The molecule has 6 nitrogen and oxygen atoms in total.